The summed E-state index contributed by atoms with van der Waals surface area (Å²) in [7, 11) is 0. The van der Waals surface area contributed by atoms with Crippen molar-refractivity contribution in [3.05, 3.63) is 35.6 Å². The largest absolute Gasteiger partial charge is 0.343 e. The highest BCUT2D eigenvalue weighted by Gasteiger charge is 2.14. The topological polar surface area (TPSA) is 37.4 Å². The molecule has 0 aliphatic carbocycles. The fourth-order valence-corrected chi connectivity index (χ4v) is 2.06. The van der Waals surface area contributed by atoms with E-state index in [0.717, 1.165) is 25.9 Å². The van der Waals surface area contributed by atoms with Gasteiger partial charge < -0.3 is 4.90 Å². The van der Waals surface area contributed by atoms with Gasteiger partial charge >= 0.3 is 0 Å². The maximum absolute atomic E-state index is 12.8. The van der Waals surface area contributed by atoms with Crippen LogP contribution < -0.4 is 0 Å². The number of Topliss-reactive ketones (excluding diaryl/α,β-unsaturated/α-hetero) is 1. The Labute approximate surface area is 119 Å². The molecular formula is C16H22FNO2. The molecule has 3 nitrogen and oxygen atoms in total. The highest BCUT2D eigenvalue weighted by molar-refractivity contribution is 5.97. The molecular weight excluding hydrogens is 257 g/mol. The summed E-state index contributed by atoms with van der Waals surface area (Å²) in [6.45, 7) is 5.52. The first-order valence-electron chi connectivity index (χ1n) is 7.15. The minimum absolute atomic E-state index is 0.0177. The van der Waals surface area contributed by atoms with Crippen LogP contribution in [0.1, 0.15) is 49.9 Å². The number of rotatable bonds is 8. The maximum Gasteiger partial charge on any atom is 0.223 e. The monoisotopic (exact) mass is 279 g/mol. The van der Waals surface area contributed by atoms with Gasteiger partial charge in [0.1, 0.15) is 5.82 Å². The number of benzene rings is 1. The van der Waals surface area contributed by atoms with Crippen LogP contribution in [0.25, 0.3) is 0 Å². The van der Waals surface area contributed by atoms with Gasteiger partial charge in [-0.1, -0.05) is 13.8 Å². The molecule has 4 heteroatoms. The summed E-state index contributed by atoms with van der Waals surface area (Å²) >= 11 is 0. The average Bonchev–Trinajstić information content (AvgIpc) is 2.45. The maximum atomic E-state index is 12.8. The van der Waals surface area contributed by atoms with Crippen LogP contribution in [0.3, 0.4) is 0 Å². The van der Waals surface area contributed by atoms with Crippen molar-refractivity contribution in [2.24, 2.45) is 0 Å². The predicted molar refractivity (Wildman–Crippen MR) is 77.1 cm³/mol. The number of carbonyl (C=O) groups excluding carboxylic acids is 2. The molecule has 20 heavy (non-hydrogen) atoms. The normalized spacial score (nSPS) is 10.3. The first kappa shape index (κ1) is 16.3. The molecule has 0 unspecified atom stereocenters. The second kappa shape index (κ2) is 8.46. The third-order valence-corrected chi connectivity index (χ3v) is 3.07. The Bertz CT molecular complexity index is 436. The van der Waals surface area contributed by atoms with E-state index in [9.17, 15) is 14.0 Å². The summed E-state index contributed by atoms with van der Waals surface area (Å²) in [5.74, 6) is -0.467. The van der Waals surface area contributed by atoms with Crippen LogP contribution in [0, 0.1) is 5.82 Å². The standard InChI is InChI=1S/C16H22FNO2/c1-3-11-18(12-4-2)16(20)10-9-15(19)13-5-7-14(17)8-6-13/h5-8H,3-4,9-12H2,1-2H3. The van der Waals surface area contributed by atoms with Crippen LogP contribution >= 0.6 is 0 Å². The first-order chi connectivity index (χ1) is 9.58. The predicted octanol–water partition coefficient (Wildman–Crippen LogP) is 3.44. The van der Waals surface area contributed by atoms with E-state index in [4.69, 9.17) is 0 Å². The number of ketones is 1. The van der Waals surface area contributed by atoms with Crippen molar-refractivity contribution in [1.29, 1.82) is 0 Å². The van der Waals surface area contributed by atoms with Gasteiger partial charge in [0, 0.05) is 31.5 Å². The molecule has 0 aromatic heterocycles. The lowest BCUT2D eigenvalue weighted by Crippen LogP contribution is -2.32. The average molecular weight is 279 g/mol. The Kier molecular flexibility index (Phi) is 6.91. The zero-order chi connectivity index (χ0) is 15.0. The summed E-state index contributed by atoms with van der Waals surface area (Å²) in [6, 6.07) is 5.43. The smallest absolute Gasteiger partial charge is 0.223 e. The summed E-state index contributed by atoms with van der Waals surface area (Å²) in [5, 5.41) is 0. The molecule has 0 aliphatic heterocycles. The molecule has 1 amide bonds. The van der Waals surface area contributed by atoms with Crippen LogP contribution in [-0.2, 0) is 4.79 Å². The van der Waals surface area contributed by atoms with Crippen molar-refractivity contribution in [2.75, 3.05) is 13.1 Å². The lowest BCUT2D eigenvalue weighted by Gasteiger charge is -2.21. The van der Waals surface area contributed by atoms with Gasteiger partial charge in [-0.15, -0.1) is 0 Å². The van der Waals surface area contributed by atoms with E-state index in [1.54, 1.807) is 4.90 Å². The van der Waals surface area contributed by atoms with Crippen LogP contribution in [0.4, 0.5) is 4.39 Å². The summed E-state index contributed by atoms with van der Waals surface area (Å²) in [4.78, 5) is 25.7. The van der Waals surface area contributed by atoms with E-state index in [0.29, 0.717) is 5.56 Å². The van der Waals surface area contributed by atoms with Gasteiger partial charge in [-0.2, -0.15) is 0 Å². The van der Waals surface area contributed by atoms with E-state index in [-0.39, 0.29) is 30.3 Å². The molecule has 0 radical (unpaired) electrons. The summed E-state index contributed by atoms with van der Waals surface area (Å²) in [5.41, 5.74) is 0.455. The van der Waals surface area contributed by atoms with Gasteiger partial charge in [0.05, 0.1) is 0 Å². The van der Waals surface area contributed by atoms with Crippen LogP contribution in [0.2, 0.25) is 0 Å². The highest BCUT2D eigenvalue weighted by Crippen LogP contribution is 2.09. The van der Waals surface area contributed by atoms with Gasteiger partial charge in [-0.3, -0.25) is 9.59 Å². The third kappa shape index (κ3) is 5.11. The third-order valence-electron chi connectivity index (χ3n) is 3.07. The highest BCUT2D eigenvalue weighted by atomic mass is 19.1. The van der Waals surface area contributed by atoms with Crippen molar-refractivity contribution in [2.45, 2.75) is 39.5 Å². The number of carbonyl (C=O) groups is 2. The van der Waals surface area contributed by atoms with Gasteiger partial charge in [0.15, 0.2) is 5.78 Å². The molecule has 110 valence electrons. The summed E-state index contributed by atoms with van der Waals surface area (Å²) < 4.78 is 12.8. The SMILES string of the molecule is CCCN(CCC)C(=O)CCC(=O)c1ccc(F)cc1. The van der Waals surface area contributed by atoms with Crippen molar-refractivity contribution in [3.8, 4) is 0 Å². The molecule has 1 aromatic rings. The molecule has 0 saturated heterocycles. The van der Waals surface area contributed by atoms with E-state index in [1.165, 1.54) is 24.3 Å². The fourth-order valence-electron chi connectivity index (χ4n) is 2.06. The first-order valence-corrected chi connectivity index (χ1v) is 7.15. The Morgan fingerprint density at radius 2 is 1.55 bits per heavy atom. The van der Waals surface area contributed by atoms with Crippen LogP contribution in [0.15, 0.2) is 24.3 Å². The van der Waals surface area contributed by atoms with E-state index in [2.05, 4.69) is 0 Å². The molecule has 0 bridgehead atoms. The Balaban J connectivity index is 2.50. The molecule has 0 N–H and O–H groups in total. The number of halogens is 1. The number of amides is 1. The van der Waals surface area contributed by atoms with E-state index in [1.807, 2.05) is 13.8 Å². The lowest BCUT2D eigenvalue weighted by molar-refractivity contribution is -0.131. The molecule has 0 heterocycles. The minimum atomic E-state index is -0.366. The van der Waals surface area contributed by atoms with Crippen LogP contribution in [-0.4, -0.2) is 29.7 Å². The summed E-state index contributed by atoms with van der Waals surface area (Å²) in [6.07, 6.45) is 2.22. The van der Waals surface area contributed by atoms with E-state index < -0.39 is 0 Å². The van der Waals surface area contributed by atoms with Gasteiger partial charge in [0.25, 0.3) is 0 Å². The fraction of sp³-hybridized carbons (Fsp3) is 0.500. The number of hydrogen-bond acceptors (Lipinski definition) is 2. The Hall–Kier alpha value is -1.71. The molecule has 0 spiro atoms. The number of nitrogens with zero attached hydrogens (tertiary/aromatic N) is 1. The Morgan fingerprint density at radius 3 is 2.05 bits per heavy atom. The molecule has 1 rings (SSSR count). The second-order valence-electron chi connectivity index (χ2n) is 4.81. The molecule has 0 saturated carbocycles. The van der Waals surface area contributed by atoms with Crippen molar-refractivity contribution >= 4 is 11.7 Å². The molecule has 0 atom stereocenters. The quantitative estimate of drug-likeness (QED) is 0.684. The molecule has 0 fully saturated rings. The lowest BCUT2D eigenvalue weighted by atomic mass is 10.1. The van der Waals surface area contributed by atoms with Crippen molar-refractivity contribution < 1.29 is 14.0 Å². The van der Waals surface area contributed by atoms with Crippen LogP contribution in [0.5, 0.6) is 0 Å². The molecule has 1 aromatic carbocycles. The van der Waals surface area contributed by atoms with Crippen molar-refractivity contribution in [1.82, 2.24) is 4.90 Å². The Morgan fingerprint density at radius 1 is 1.00 bits per heavy atom. The zero-order valence-corrected chi connectivity index (χ0v) is 12.2. The van der Waals surface area contributed by atoms with Gasteiger partial charge in [-0.05, 0) is 37.1 Å². The van der Waals surface area contributed by atoms with Crippen molar-refractivity contribution in [3.63, 3.8) is 0 Å². The zero-order valence-electron chi connectivity index (χ0n) is 12.2. The molecule has 0 aliphatic rings. The number of hydrogen-bond donors (Lipinski definition) is 0. The van der Waals surface area contributed by atoms with Gasteiger partial charge in [0.2, 0.25) is 5.91 Å². The minimum Gasteiger partial charge on any atom is -0.343 e. The van der Waals surface area contributed by atoms with E-state index >= 15 is 0 Å². The second-order valence-corrected chi connectivity index (χ2v) is 4.81. The van der Waals surface area contributed by atoms with Gasteiger partial charge in [-0.25, -0.2) is 4.39 Å².